The minimum Gasteiger partial charge on any atom is -0.368 e. The molecule has 2 atom stereocenters. The summed E-state index contributed by atoms with van der Waals surface area (Å²) in [5.74, 6) is 0.738. The fourth-order valence-electron chi connectivity index (χ4n) is 3.93. The first-order valence-electron chi connectivity index (χ1n) is 7.71. The van der Waals surface area contributed by atoms with E-state index in [1.807, 2.05) is 0 Å². The lowest BCUT2D eigenvalue weighted by Gasteiger charge is -2.45. The predicted molar refractivity (Wildman–Crippen MR) is 80.8 cm³/mol. The zero-order valence-corrected chi connectivity index (χ0v) is 12.0. The lowest BCUT2D eigenvalue weighted by atomic mass is 9.78. The number of carbonyl (C=O) groups is 1. The van der Waals surface area contributed by atoms with Crippen LogP contribution in [0, 0.1) is 16.0 Å². The molecular weight excluding hydrogens is 268 g/mol. The van der Waals surface area contributed by atoms with E-state index in [1.54, 1.807) is 12.1 Å². The van der Waals surface area contributed by atoms with Crippen molar-refractivity contribution < 1.29 is 9.72 Å². The summed E-state index contributed by atoms with van der Waals surface area (Å²) in [5, 5.41) is 10.9. The first-order valence-corrected chi connectivity index (χ1v) is 7.71. The number of rotatable bonds is 3. The molecule has 0 N–H and O–H groups in total. The number of nitro groups is 1. The molecule has 0 spiro atoms. The van der Waals surface area contributed by atoms with Crippen molar-refractivity contribution in [3.05, 3.63) is 33.9 Å². The summed E-state index contributed by atoms with van der Waals surface area (Å²) < 4.78 is 0. The van der Waals surface area contributed by atoms with E-state index < -0.39 is 4.92 Å². The molecular formula is C16H20N2O3. The van der Waals surface area contributed by atoms with Crippen LogP contribution in [0.25, 0.3) is 0 Å². The quantitative estimate of drug-likeness (QED) is 0.484. The fourth-order valence-corrected chi connectivity index (χ4v) is 3.93. The summed E-state index contributed by atoms with van der Waals surface area (Å²) in [7, 11) is 0. The van der Waals surface area contributed by atoms with Gasteiger partial charge in [0.25, 0.3) is 5.69 Å². The van der Waals surface area contributed by atoms with Gasteiger partial charge < -0.3 is 4.90 Å². The summed E-state index contributed by atoms with van der Waals surface area (Å²) in [6.45, 7) is 0.983. The van der Waals surface area contributed by atoms with Crippen LogP contribution in [0.4, 0.5) is 11.4 Å². The van der Waals surface area contributed by atoms with Gasteiger partial charge in [-0.05, 0) is 43.7 Å². The van der Waals surface area contributed by atoms with Gasteiger partial charge in [-0.3, -0.25) is 14.9 Å². The van der Waals surface area contributed by atoms with Crippen molar-refractivity contribution in [2.45, 2.75) is 44.6 Å². The molecule has 5 nitrogen and oxygen atoms in total. The largest absolute Gasteiger partial charge is 0.368 e. The van der Waals surface area contributed by atoms with Crippen molar-refractivity contribution in [2.75, 3.05) is 11.4 Å². The molecule has 112 valence electrons. The van der Waals surface area contributed by atoms with Gasteiger partial charge in [0, 0.05) is 24.3 Å². The van der Waals surface area contributed by atoms with Crippen molar-refractivity contribution in [3.8, 4) is 0 Å². The molecule has 1 aromatic carbocycles. The molecule has 1 heterocycles. The number of hydrogen-bond acceptors (Lipinski definition) is 4. The molecule has 1 aromatic rings. The maximum absolute atomic E-state index is 11.1. The minimum atomic E-state index is -0.493. The Balaban J connectivity index is 1.91. The van der Waals surface area contributed by atoms with Crippen LogP contribution in [0.2, 0.25) is 0 Å². The van der Waals surface area contributed by atoms with E-state index in [0.29, 0.717) is 12.3 Å². The van der Waals surface area contributed by atoms with Crippen LogP contribution in [0.1, 0.15) is 48.9 Å². The summed E-state index contributed by atoms with van der Waals surface area (Å²) >= 11 is 0. The lowest BCUT2D eigenvalue weighted by Crippen LogP contribution is -2.46. The third-order valence-electron chi connectivity index (χ3n) is 4.91. The molecule has 1 saturated carbocycles. The predicted octanol–water partition coefficient (Wildman–Crippen LogP) is 3.57. The fraction of sp³-hybridized carbons (Fsp3) is 0.562. The molecule has 3 rings (SSSR count). The molecule has 2 unspecified atom stereocenters. The van der Waals surface area contributed by atoms with Crippen molar-refractivity contribution >= 4 is 17.7 Å². The van der Waals surface area contributed by atoms with Crippen LogP contribution < -0.4 is 4.90 Å². The van der Waals surface area contributed by atoms with Crippen molar-refractivity contribution in [1.29, 1.82) is 0 Å². The Bertz CT molecular complexity index is 556. The monoisotopic (exact) mass is 288 g/mol. The van der Waals surface area contributed by atoms with E-state index in [2.05, 4.69) is 4.90 Å². The molecule has 0 bridgehead atoms. The van der Waals surface area contributed by atoms with E-state index in [-0.39, 0.29) is 11.3 Å². The standard InChI is InChI=1S/C16H20N2O3/c19-11-13-10-14(7-8-16(13)18(20)21)17-9-3-5-12-4-1-2-6-15(12)17/h7-8,10-12,15H,1-6,9H2. The molecule has 5 heteroatoms. The third kappa shape index (κ3) is 2.64. The molecule has 1 aliphatic heterocycles. The van der Waals surface area contributed by atoms with Gasteiger partial charge in [-0.15, -0.1) is 0 Å². The first-order chi connectivity index (χ1) is 10.2. The highest BCUT2D eigenvalue weighted by atomic mass is 16.6. The number of carbonyl (C=O) groups excluding carboxylic acids is 1. The van der Waals surface area contributed by atoms with Crippen LogP contribution >= 0.6 is 0 Å². The zero-order valence-electron chi connectivity index (χ0n) is 12.0. The molecule has 0 radical (unpaired) electrons. The Hall–Kier alpha value is -1.91. The maximum Gasteiger partial charge on any atom is 0.280 e. The number of nitrogens with zero attached hydrogens (tertiary/aromatic N) is 2. The Morgan fingerprint density at radius 3 is 2.71 bits per heavy atom. The van der Waals surface area contributed by atoms with Gasteiger partial charge in [-0.1, -0.05) is 12.8 Å². The second-order valence-electron chi connectivity index (χ2n) is 6.07. The topological polar surface area (TPSA) is 63.5 Å². The van der Waals surface area contributed by atoms with E-state index >= 15 is 0 Å². The molecule has 0 amide bonds. The Labute approximate surface area is 124 Å². The average Bonchev–Trinajstić information content (AvgIpc) is 2.53. The number of nitro benzene ring substituents is 1. The van der Waals surface area contributed by atoms with Gasteiger partial charge in [0.05, 0.1) is 10.5 Å². The van der Waals surface area contributed by atoms with Crippen molar-refractivity contribution in [2.24, 2.45) is 5.92 Å². The highest BCUT2D eigenvalue weighted by Crippen LogP contribution is 2.38. The number of piperidine rings is 1. The smallest absolute Gasteiger partial charge is 0.280 e. The number of hydrogen-bond donors (Lipinski definition) is 0. The second kappa shape index (κ2) is 5.84. The first kappa shape index (κ1) is 14.0. The number of anilines is 1. The maximum atomic E-state index is 11.1. The molecule has 1 aliphatic carbocycles. The van der Waals surface area contributed by atoms with Gasteiger partial charge in [-0.2, -0.15) is 0 Å². The summed E-state index contributed by atoms with van der Waals surface area (Å²) in [6, 6.07) is 5.48. The highest BCUT2D eigenvalue weighted by Gasteiger charge is 2.33. The average molecular weight is 288 g/mol. The van der Waals surface area contributed by atoms with Gasteiger partial charge in [-0.25, -0.2) is 0 Å². The van der Waals surface area contributed by atoms with Crippen molar-refractivity contribution in [1.82, 2.24) is 0 Å². The van der Waals surface area contributed by atoms with Gasteiger partial charge in [0.2, 0.25) is 0 Å². The van der Waals surface area contributed by atoms with Crippen LogP contribution in [-0.2, 0) is 0 Å². The van der Waals surface area contributed by atoms with Crippen molar-refractivity contribution in [3.63, 3.8) is 0 Å². The second-order valence-corrected chi connectivity index (χ2v) is 6.07. The van der Waals surface area contributed by atoms with Crippen LogP contribution in [0.15, 0.2) is 18.2 Å². The molecule has 2 fully saturated rings. The van der Waals surface area contributed by atoms with E-state index in [4.69, 9.17) is 0 Å². The van der Waals surface area contributed by atoms with Crippen LogP contribution in [0.3, 0.4) is 0 Å². The Kier molecular flexibility index (Phi) is 3.90. The minimum absolute atomic E-state index is 0.106. The molecule has 0 aromatic heterocycles. The van der Waals surface area contributed by atoms with E-state index in [0.717, 1.165) is 24.6 Å². The highest BCUT2D eigenvalue weighted by molar-refractivity contribution is 5.83. The molecule has 2 aliphatic rings. The number of benzene rings is 1. The molecule has 1 saturated heterocycles. The SMILES string of the molecule is O=Cc1cc(N2CCCC3CCCCC32)ccc1[N+](=O)[O-]. The molecule has 21 heavy (non-hydrogen) atoms. The Morgan fingerprint density at radius 1 is 1.19 bits per heavy atom. The summed E-state index contributed by atoms with van der Waals surface area (Å²) in [4.78, 5) is 23.9. The van der Waals surface area contributed by atoms with Crippen LogP contribution in [-0.4, -0.2) is 23.8 Å². The normalized spacial score (nSPS) is 25.2. The summed E-state index contributed by atoms with van der Waals surface area (Å²) in [5.41, 5.74) is 1.03. The zero-order chi connectivity index (χ0) is 14.8. The van der Waals surface area contributed by atoms with Gasteiger partial charge in [0.1, 0.15) is 0 Å². The third-order valence-corrected chi connectivity index (χ3v) is 4.91. The van der Waals surface area contributed by atoms with Gasteiger partial charge in [0.15, 0.2) is 6.29 Å². The number of fused-ring (bicyclic) bond motifs is 1. The van der Waals surface area contributed by atoms with E-state index in [1.165, 1.54) is 38.2 Å². The summed E-state index contributed by atoms with van der Waals surface area (Å²) in [6.07, 6.45) is 8.08. The lowest BCUT2D eigenvalue weighted by molar-refractivity contribution is -0.385. The van der Waals surface area contributed by atoms with Gasteiger partial charge >= 0.3 is 0 Å². The van der Waals surface area contributed by atoms with E-state index in [9.17, 15) is 14.9 Å². The Morgan fingerprint density at radius 2 is 1.95 bits per heavy atom. The number of aldehydes is 1. The van der Waals surface area contributed by atoms with Crippen LogP contribution in [0.5, 0.6) is 0 Å².